The number of hydrogen-bond donors (Lipinski definition) is 1. The molecule has 7 heteroatoms. The SMILES string of the molecule is Cl.NCCN(CCc1ccccc1)C(=O)CC1CCS(=O)(=O)C1. The summed E-state index contributed by atoms with van der Waals surface area (Å²) in [6.07, 6.45) is 1.70. The van der Waals surface area contributed by atoms with Crippen LogP contribution in [0.3, 0.4) is 0 Å². The van der Waals surface area contributed by atoms with E-state index < -0.39 is 9.84 Å². The van der Waals surface area contributed by atoms with E-state index in [1.54, 1.807) is 4.90 Å². The fourth-order valence-corrected chi connectivity index (χ4v) is 4.70. The average molecular weight is 361 g/mol. The molecule has 1 unspecified atom stereocenters. The second-order valence-corrected chi connectivity index (χ2v) is 8.11. The number of nitrogens with zero attached hydrogens (tertiary/aromatic N) is 1. The van der Waals surface area contributed by atoms with Crippen LogP contribution in [0, 0.1) is 5.92 Å². The first-order valence-electron chi connectivity index (χ1n) is 7.72. The van der Waals surface area contributed by atoms with Crippen LogP contribution >= 0.6 is 12.4 Å². The molecular weight excluding hydrogens is 336 g/mol. The van der Waals surface area contributed by atoms with E-state index in [4.69, 9.17) is 5.73 Å². The van der Waals surface area contributed by atoms with Crippen LogP contribution in [-0.4, -0.2) is 50.4 Å². The number of nitrogens with two attached hydrogens (primary N) is 1. The second kappa shape index (κ2) is 9.25. The van der Waals surface area contributed by atoms with E-state index in [9.17, 15) is 13.2 Å². The molecule has 1 fully saturated rings. The van der Waals surface area contributed by atoms with Crippen LogP contribution in [-0.2, 0) is 21.1 Å². The molecule has 1 heterocycles. The van der Waals surface area contributed by atoms with Gasteiger partial charge in [0.25, 0.3) is 0 Å². The predicted octanol–water partition coefficient (Wildman–Crippen LogP) is 1.26. The van der Waals surface area contributed by atoms with Crippen LogP contribution in [0.15, 0.2) is 30.3 Å². The Morgan fingerprint density at radius 3 is 2.48 bits per heavy atom. The van der Waals surface area contributed by atoms with Gasteiger partial charge in [0.15, 0.2) is 9.84 Å². The maximum absolute atomic E-state index is 12.4. The van der Waals surface area contributed by atoms with Gasteiger partial charge in [-0.15, -0.1) is 12.4 Å². The van der Waals surface area contributed by atoms with E-state index in [1.807, 2.05) is 30.3 Å². The smallest absolute Gasteiger partial charge is 0.222 e. The average Bonchev–Trinajstić information content (AvgIpc) is 2.83. The van der Waals surface area contributed by atoms with Crippen molar-refractivity contribution in [2.45, 2.75) is 19.3 Å². The van der Waals surface area contributed by atoms with Crippen LogP contribution in [0.5, 0.6) is 0 Å². The van der Waals surface area contributed by atoms with Crippen molar-refractivity contribution < 1.29 is 13.2 Å². The Bertz CT molecular complexity index is 593. The van der Waals surface area contributed by atoms with Crippen LogP contribution in [0.1, 0.15) is 18.4 Å². The zero-order chi connectivity index (χ0) is 16.0. The first-order chi connectivity index (χ1) is 10.5. The van der Waals surface area contributed by atoms with Crippen LogP contribution < -0.4 is 5.73 Å². The maximum atomic E-state index is 12.4. The lowest BCUT2D eigenvalue weighted by Gasteiger charge is -2.23. The molecule has 1 aliphatic rings. The molecule has 23 heavy (non-hydrogen) atoms. The zero-order valence-electron chi connectivity index (χ0n) is 13.2. The minimum atomic E-state index is -2.93. The Labute approximate surface area is 144 Å². The minimum absolute atomic E-state index is 0. The highest BCUT2D eigenvalue weighted by atomic mass is 35.5. The summed E-state index contributed by atoms with van der Waals surface area (Å²) in [5, 5.41) is 0. The molecular formula is C16H25ClN2O3S. The Hall–Kier alpha value is -1.11. The lowest BCUT2D eigenvalue weighted by molar-refractivity contribution is -0.131. The van der Waals surface area contributed by atoms with E-state index in [1.165, 1.54) is 5.56 Å². The molecule has 2 rings (SSSR count). The van der Waals surface area contributed by atoms with Gasteiger partial charge in [-0.1, -0.05) is 30.3 Å². The normalized spacial score (nSPS) is 19.1. The van der Waals surface area contributed by atoms with Gasteiger partial charge < -0.3 is 10.6 Å². The van der Waals surface area contributed by atoms with Crippen molar-refractivity contribution in [3.63, 3.8) is 0 Å². The Morgan fingerprint density at radius 2 is 1.91 bits per heavy atom. The Kier molecular flexibility index (Phi) is 8.02. The highest BCUT2D eigenvalue weighted by molar-refractivity contribution is 7.91. The van der Waals surface area contributed by atoms with Gasteiger partial charge in [-0.05, 0) is 24.3 Å². The summed E-state index contributed by atoms with van der Waals surface area (Å²) < 4.78 is 23.0. The molecule has 1 amide bonds. The summed E-state index contributed by atoms with van der Waals surface area (Å²) in [5.41, 5.74) is 6.78. The molecule has 0 spiro atoms. The van der Waals surface area contributed by atoms with Gasteiger partial charge in [0.05, 0.1) is 11.5 Å². The van der Waals surface area contributed by atoms with Crippen molar-refractivity contribution in [1.29, 1.82) is 0 Å². The summed E-state index contributed by atoms with van der Waals surface area (Å²) in [6, 6.07) is 10.00. The molecule has 0 aliphatic carbocycles. The third-order valence-corrected chi connectivity index (χ3v) is 5.89. The van der Waals surface area contributed by atoms with Gasteiger partial charge in [-0.25, -0.2) is 8.42 Å². The number of rotatable bonds is 7. The number of amides is 1. The van der Waals surface area contributed by atoms with E-state index in [-0.39, 0.29) is 35.7 Å². The van der Waals surface area contributed by atoms with Gasteiger partial charge in [0, 0.05) is 26.1 Å². The first-order valence-corrected chi connectivity index (χ1v) is 9.54. The van der Waals surface area contributed by atoms with Gasteiger partial charge in [-0.2, -0.15) is 0 Å². The van der Waals surface area contributed by atoms with Crippen LogP contribution in [0.25, 0.3) is 0 Å². The highest BCUT2D eigenvalue weighted by Gasteiger charge is 2.30. The molecule has 0 radical (unpaired) electrons. The van der Waals surface area contributed by atoms with Crippen molar-refractivity contribution in [2.24, 2.45) is 11.7 Å². The first kappa shape index (κ1) is 19.9. The molecule has 0 bridgehead atoms. The fourth-order valence-electron chi connectivity index (χ4n) is 2.83. The topological polar surface area (TPSA) is 80.5 Å². The second-order valence-electron chi connectivity index (χ2n) is 5.88. The largest absolute Gasteiger partial charge is 0.341 e. The molecule has 0 aromatic heterocycles. The third kappa shape index (κ3) is 6.49. The quantitative estimate of drug-likeness (QED) is 0.793. The summed E-state index contributed by atoms with van der Waals surface area (Å²) in [5.74, 6) is 0.345. The van der Waals surface area contributed by atoms with Crippen molar-refractivity contribution in [3.8, 4) is 0 Å². The number of hydrogen-bond acceptors (Lipinski definition) is 4. The van der Waals surface area contributed by atoms with Crippen LogP contribution in [0.4, 0.5) is 0 Å². The van der Waals surface area contributed by atoms with Crippen molar-refractivity contribution in [2.75, 3.05) is 31.1 Å². The predicted molar refractivity (Wildman–Crippen MR) is 94.4 cm³/mol. The van der Waals surface area contributed by atoms with E-state index in [0.717, 1.165) is 6.42 Å². The van der Waals surface area contributed by atoms with E-state index in [0.29, 0.717) is 32.5 Å². The van der Waals surface area contributed by atoms with E-state index >= 15 is 0 Å². The Morgan fingerprint density at radius 1 is 1.22 bits per heavy atom. The monoisotopic (exact) mass is 360 g/mol. The number of benzene rings is 1. The Balaban J connectivity index is 0.00000264. The number of halogens is 1. The molecule has 1 aromatic rings. The molecule has 1 saturated heterocycles. The van der Waals surface area contributed by atoms with Gasteiger partial charge in [0.2, 0.25) is 5.91 Å². The molecule has 130 valence electrons. The summed E-state index contributed by atoms with van der Waals surface area (Å²) >= 11 is 0. The fraction of sp³-hybridized carbons (Fsp3) is 0.562. The van der Waals surface area contributed by atoms with Crippen LogP contribution in [0.2, 0.25) is 0 Å². The highest BCUT2D eigenvalue weighted by Crippen LogP contribution is 2.22. The van der Waals surface area contributed by atoms with Gasteiger partial charge in [-0.3, -0.25) is 4.79 Å². The summed E-state index contributed by atoms with van der Waals surface area (Å²) in [6.45, 7) is 1.56. The molecule has 1 aromatic carbocycles. The van der Waals surface area contributed by atoms with Crippen molar-refractivity contribution >= 4 is 28.2 Å². The molecule has 5 nitrogen and oxygen atoms in total. The molecule has 2 N–H and O–H groups in total. The molecule has 1 aliphatic heterocycles. The number of carbonyl (C=O) groups is 1. The molecule has 0 saturated carbocycles. The standard InChI is InChI=1S/C16H24N2O3S.ClH/c17-8-10-18(9-6-14-4-2-1-3-5-14)16(19)12-15-7-11-22(20,21)13-15;/h1-5,15H,6-13,17H2;1H. The summed E-state index contributed by atoms with van der Waals surface area (Å²) in [7, 11) is -2.93. The van der Waals surface area contributed by atoms with E-state index in [2.05, 4.69) is 0 Å². The number of sulfone groups is 1. The molecule has 1 atom stereocenters. The van der Waals surface area contributed by atoms with Gasteiger partial charge >= 0.3 is 0 Å². The number of carbonyl (C=O) groups excluding carboxylic acids is 1. The van der Waals surface area contributed by atoms with Crippen molar-refractivity contribution in [3.05, 3.63) is 35.9 Å². The third-order valence-electron chi connectivity index (χ3n) is 4.05. The maximum Gasteiger partial charge on any atom is 0.222 e. The lowest BCUT2D eigenvalue weighted by atomic mass is 10.0. The van der Waals surface area contributed by atoms with Crippen molar-refractivity contribution in [1.82, 2.24) is 4.90 Å². The van der Waals surface area contributed by atoms with Gasteiger partial charge in [0.1, 0.15) is 0 Å². The lowest BCUT2D eigenvalue weighted by Crippen LogP contribution is -2.37. The minimum Gasteiger partial charge on any atom is -0.341 e. The summed E-state index contributed by atoms with van der Waals surface area (Å²) in [4.78, 5) is 14.2. The zero-order valence-corrected chi connectivity index (χ0v) is 14.8.